The van der Waals surface area contributed by atoms with Gasteiger partial charge in [-0.3, -0.25) is 4.68 Å². The predicted octanol–water partition coefficient (Wildman–Crippen LogP) is 0.351. The van der Waals surface area contributed by atoms with Gasteiger partial charge in [0.25, 0.3) is 0 Å². The number of hydrogen-bond donors (Lipinski definition) is 1. The van der Waals surface area contributed by atoms with Gasteiger partial charge in [-0.15, -0.1) is 0 Å². The monoisotopic (exact) mass is 183 g/mol. The first-order valence-electron chi connectivity index (χ1n) is 4.01. The smallest absolute Gasteiger partial charge is 0.358 e. The fraction of sp³-hybridized carbons (Fsp3) is 0.500. The first-order chi connectivity index (χ1) is 6.11. The van der Waals surface area contributed by atoms with Crippen LogP contribution in [0, 0.1) is 0 Å². The summed E-state index contributed by atoms with van der Waals surface area (Å²) in [5.41, 5.74) is 7.16. The van der Waals surface area contributed by atoms with Crippen LogP contribution >= 0.6 is 0 Å². The fourth-order valence-electron chi connectivity index (χ4n) is 1.20. The molecule has 0 spiro atoms. The molecule has 0 unspecified atom stereocenters. The van der Waals surface area contributed by atoms with Gasteiger partial charge < -0.3 is 10.5 Å². The number of nitrogens with zero attached hydrogens (tertiary/aromatic N) is 2. The Hall–Kier alpha value is -1.52. The molecule has 13 heavy (non-hydrogen) atoms. The summed E-state index contributed by atoms with van der Waals surface area (Å²) in [4.78, 5) is 11.2. The van der Waals surface area contributed by atoms with Crippen molar-refractivity contribution in [2.75, 3.05) is 12.8 Å². The van der Waals surface area contributed by atoms with Crippen LogP contribution in [0.25, 0.3) is 0 Å². The van der Waals surface area contributed by atoms with Crippen LogP contribution in [0.3, 0.4) is 0 Å². The Balaban J connectivity index is 3.20. The maximum absolute atomic E-state index is 11.2. The third-order valence-electron chi connectivity index (χ3n) is 1.87. The molecule has 5 heteroatoms. The number of nitrogens with two attached hydrogens (primary N) is 1. The maximum Gasteiger partial charge on any atom is 0.358 e. The molecule has 0 saturated carbocycles. The minimum absolute atomic E-state index is 0.319. The minimum atomic E-state index is -0.452. The van der Waals surface area contributed by atoms with Gasteiger partial charge in [0.2, 0.25) is 0 Å². The lowest BCUT2D eigenvalue weighted by atomic mass is 10.2. The summed E-state index contributed by atoms with van der Waals surface area (Å²) in [5, 5.41) is 4.09. The molecule has 1 rings (SSSR count). The van der Waals surface area contributed by atoms with E-state index in [1.54, 1.807) is 7.05 Å². The van der Waals surface area contributed by atoms with Crippen molar-refractivity contribution in [2.45, 2.75) is 13.3 Å². The van der Waals surface area contributed by atoms with Gasteiger partial charge in [0.05, 0.1) is 18.5 Å². The van der Waals surface area contributed by atoms with Crippen LogP contribution in [0.2, 0.25) is 0 Å². The second kappa shape index (κ2) is 3.47. The SMILES string of the molecule is CCc1nn(C)c(C(=O)OC)c1N. The molecule has 72 valence electrons. The molecule has 1 heterocycles. The van der Waals surface area contributed by atoms with Gasteiger partial charge in [-0.1, -0.05) is 6.92 Å². The molecule has 0 radical (unpaired) electrons. The van der Waals surface area contributed by atoms with E-state index >= 15 is 0 Å². The molecule has 0 bridgehead atoms. The third-order valence-corrected chi connectivity index (χ3v) is 1.87. The van der Waals surface area contributed by atoms with Crippen molar-refractivity contribution in [3.05, 3.63) is 11.4 Å². The highest BCUT2D eigenvalue weighted by molar-refractivity contribution is 5.93. The molecule has 2 N–H and O–H groups in total. The van der Waals surface area contributed by atoms with E-state index in [2.05, 4.69) is 9.84 Å². The lowest BCUT2D eigenvalue weighted by Gasteiger charge is -1.99. The summed E-state index contributed by atoms with van der Waals surface area (Å²) < 4.78 is 6.02. The highest BCUT2D eigenvalue weighted by Gasteiger charge is 2.18. The number of nitrogen functional groups attached to an aromatic ring is 1. The number of anilines is 1. The average molecular weight is 183 g/mol. The Morgan fingerprint density at radius 2 is 2.31 bits per heavy atom. The van der Waals surface area contributed by atoms with Crippen LogP contribution in [0.4, 0.5) is 5.69 Å². The van der Waals surface area contributed by atoms with Crippen molar-refractivity contribution in [3.63, 3.8) is 0 Å². The van der Waals surface area contributed by atoms with E-state index in [0.29, 0.717) is 17.8 Å². The second-order valence-electron chi connectivity index (χ2n) is 2.68. The topological polar surface area (TPSA) is 70.1 Å². The van der Waals surface area contributed by atoms with E-state index in [1.807, 2.05) is 6.92 Å². The van der Waals surface area contributed by atoms with Gasteiger partial charge in [-0.25, -0.2) is 4.79 Å². The van der Waals surface area contributed by atoms with E-state index in [4.69, 9.17) is 5.73 Å². The first kappa shape index (κ1) is 9.57. The molecular weight excluding hydrogens is 170 g/mol. The van der Waals surface area contributed by atoms with Gasteiger partial charge >= 0.3 is 5.97 Å². The van der Waals surface area contributed by atoms with Gasteiger partial charge in [-0.05, 0) is 6.42 Å². The van der Waals surface area contributed by atoms with E-state index in [-0.39, 0.29) is 0 Å². The Labute approximate surface area is 76.5 Å². The summed E-state index contributed by atoms with van der Waals surface area (Å²) in [6, 6.07) is 0. The van der Waals surface area contributed by atoms with Crippen molar-refractivity contribution >= 4 is 11.7 Å². The molecule has 0 aliphatic carbocycles. The summed E-state index contributed by atoms with van der Waals surface area (Å²) in [5.74, 6) is -0.452. The molecule has 0 aliphatic rings. The standard InChI is InChI=1S/C8H13N3O2/c1-4-5-6(9)7(8(12)13-3)11(2)10-5/h4,9H2,1-3H3. The largest absolute Gasteiger partial charge is 0.464 e. The Kier molecular flexibility index (Phi) is 2.55. The first-order valence-corrected chi connectivity index (χ1v) is 4.01. The molecule has 0 amide bonds. The molecule has 0 aliphatic heterocycles. The molecule has 0 aromatic carbocycles. The highest BCUT2D eigenvalue weighted by atomic mass is 16.5. The zero-order chi connectivity index (χ0) is 10.0. The summed E-state index contributed by atoms with van der Waals surface area (Å²) in [6.45, 7) is 1.93. The second-order valence-corrected chi connectivity index (χ2v) is 2.68. The molecular formula is C8H13N3O2. The lowest BCUT2D eigenvalue weighted by Crippen LogP contribution is -2.10. The Morgan fingerprint density at radius 3 is 2.69 bits per heavy atom. The Bertz CT molecular complexity index is 330. The van der Waals surface area contributed by atoms with E-state index in [0.717, 1.165) is 5.69 Å². The van der Waals surface area contributed by atoms with E-state index in [1.165, 1.54) is 11.8 Å². The summed E-state index contributed by atoms with van der Waals surface area (Å²) in [6.07, 6.45) is 0.705. The van der Waals surface area contributed by atoms with Crippen LogP contribution in [0.15, 0.2) is 0 Å². The van der Waals surface area contributed by atoms with Gasteiger partial charge in [0.1, 0.15) is 0 Å². The maximum atomic E-state index is 11.2. The molecule has 0 fully saturated rings. The lowest BCUT2D eigenvalue weighted by molar-refractivity contribution is 0.0589. The van der Waals surface area contributed by atoms with Crippen molar-refractivity contribution in [1.82, 2.24) is 9.78 Å². The van der Waals surface area contributed by atoms with E-state index < -0.39 is 5.97 Å². The Morgan fingerprint density at radius 1 is 1.69 bits per heavy atom. The zero-order valence-corrected chi connectivity index (χ0v) is 8.00. The van der Waals surface area contributed by atoms with Crippen LogP contribution in [-0.4, -0.2) is 22.9 Å². The van der Waals surface area contributed by atoms with Crippen LogP contribution in [0.5, 0.6) is 0 Å². The summed E-state index contributed by atoms with van der Waals surface area (Å²) >= 11 is 0. The van der Waals surface area contributed by atoms with Crippen LogP contribution in [0.1, 0.15) is 23.1 Å². The minimum Gasteiger partial charge on any atom is -0.464 e. The van der Waals surface area contributed by atoms with Crippen LogP contribution in [-0.2, 0) is 18.2 Å². The average Bonchev–Trinajstić information content (AvgIpc) is 2.40. The van der Waals surface area contributed by atoms with Gasteiger partial charge in [0, 0.05) is 7.05 Å². The van der Waals surface area contributed by atoms with Crippen molar-refractivity contribution in [1.29, 1.82) is 0 Å². The highest BCUT2D eigenvalue weighted by Crippen LogP contribution is 2.17. The number of esters is 1. The number of aromatic nitrogens is 2. The number of methoxy groups -OCH3 is 1. The number of hydrogen-bond acceptors (Lipinski definition) is 4. The normalized spacial score (nSPS) is 10.1. The van der Waals surface area contributed by atoms with Gasteiger partial charge in [-0.2, -0.15) is 5.10 Å². The summed E-state index contributed by atoms with van der Waals surface area (Å²) in [7, 11) is 2.99. The molecule has 5 nitrogen and oxygen atoms in total. The quantitative estimate of drug-likeness (QED) is 0.672. The third kappa shape index (κ3) is 1.49. The zero-order valence-electron chi connectivity index (χ0n) is 8.00. The molecule has 0 saturated heterocycles. The van der Waals surface area contributed by atoms with Gasteiger partial charge in [0.15, 0.2) is 5.69 Å². The van der Waals surface area contributed by atoms with E-state index in [9.17, 15) is 4.79 Å². The fourth-order valence-corrected chi connectivity index (χ4v) is 1.20. The predicted molar refractivity (Wildman–Crippen MR) is 48.3 cm³/mol. The molecule has 1 aromatic heterocycles. The number of ether oxygens (including phenoxy) is 1. The van der Waals surface area contributed by atoms with Crippen molar-refractivity contribution < 1.29 is 9.53 Å². The number of rotatable bonds is 2. The van der Waals surface area contributed by atoms with Crippen LogP contribution < -0.4 is 5.73 Å². The van der Waals surface area contributed by atoms with Crippen molar-refractivity contribution in [3.8, 4) is 0 Å². The molecule has 1 aromatic rings. The number of aryl methyl sites for hydroxylation is 2. The number of carbonyl (C=O) groups excluding carboxylic acids is 1. The molecule has 0 atom stereocenters. The van der Waals surface area contributed by atoms with Crippen molar-refractivity contribution in [2.24, 2.45) is 7.05 Å². The number of carbonyl (C=O) groups is 1.